The van der Waals surface area contributed by atoms with E-state index in [4.69, 9.17) is 9.47 Å². The van der Waals surface area contributed by atoms with Crippen LogP contribution in [0.3, 0.4) is 0 Å². The van der Waals surface area contributed by atoms with E-state index in [1.165, 1.54) is 0 Å². The van der Waals surface area contributed by atoms with Gasteiger partial charge in [-0.1, -0.05) is 18.2 Å². The van der Waals surface area contributed by atoms with E-state index in [2.05, 4.69) is 5.32 Å². The lowest BCUT2D eigenvalue weighted by Crippen LogP contribution is -2.43. The number of fused-ring (bicyclic) bond motifs is 1. The lowest BCUT2D eigenvalue weighted by atomic mass is 10.1. The summed E-state index contributed by atoms with van der Waals surface area (Å²) in [5, 5.41) is 2.82. The summed E-state index contributed by atoms with van der Waals surface area (Å²) in [6, 6.07) is 11.1. The highest BCUT2D eigenvalue weighted by Crippen LogP contribution is 2.35. The van der Waals surface area contributed by atoms with Crippen molar-refractivity contribution in [2.24, 2.45) is 0 Å². The van der Waals surface area contributed by atoms with Crippen LogP contribution in [-0.4, -0.2) is 31.1 Å². The van der Waals surface area contributed by atoms with Crippen molar-refractivity contribution in [2.45, 2.75) is 33.7 Å². The first-order chi connectivity index (χ1) is 12.9. The molecule has 1 heterocycles. The predicted octanol–water partition coefficient (Wildman–Crippen LogP) is 3.45. The highest BCUT2D eigenvalue weighted by atomic mass is 16.5. The number of carbonyl (C=O) groups excluding carboxylic acids is 2. The number of nitrogens with one attached hydrogen (secondary N) is 1. The van der Waals surface area contributed by atoms with Crippen LogP contribution in [0.2, 0.25) is 0 Å². The maximum atomic E-state index is 12.3. The standard InChI is InChI=1S/C21H24N2O4/c1-13(2)23-17-10-16(8-9-18(17)26-12-20(23)25)22-19(24)11-27-21-14(3)6-5-7-15(21)4/h5-10,13H,11-12H2,1-4H3,(H,22,24). The van der Waals surface area contributed by atoms with E-state index in [1.807, 2.05) is 45.9 Å². The number of rotatable bonds is 5. The summed E-state index contributed by atoms with van der Waals surface area (Å²) in [5.74, 6) is 0.993. The van der Waals surface area contributed by atoms with Gasteiger partial charge in [0.1, 0.15) is 11.5 Å². The maximum Gasteiger partial charge on any atom is 0.265 e. The highest BCUT2D eigenvalue weighted by molar-refractivity contribution is 6.00. The third kappa shape index (κ3) is 4.05. The molecule has 142 valence electrons. The van der Waals surface area contributed by atoms with Gasteiger partial charge in [0.15, 0.2) is 13.2 Å². The molecule has 0 saturated heterocycles. The zero-order valence-electron chi connectivity index (χ0n) is 16.0. The molecule has 6 nitrogen and oxygen atoms in total. The monoisotopic (exact) mass is 368 g/mol. The summed E-state index contributed by atoms with van der Waals surface area (Å²) in [6.07, 6.45) is 0. The van der Waals surface area contributed by atoms with E-state index < -0.39 is 0 Å². The smallest absolute Gasteiger partial charge is 0.265 e. The van der Waals surface area contributed by atoms with Gasteiger partial charge in [-0.3, -0.25) is 9.59 Å². The first-order valence-electron chi connectivity index (χ1n) is 8.94. The SMILES string of the molecule is Cc1cccc(C)c1OCC(=O)Nc1ccc2c(c1)N(C(C)C)C(=O)CO2. The van der Waals surface area contributed by atoms with Crippen LogP contribution in [0.4, 0.5) is 11.4 Å². The van der Waals surface area contributed by atoms with Crippen molar-refractivity contribution < 1.29 is 19.1 Å². The molecule has 3 rings (SSSR count). The van der Waals surface area contributed by atoms with Gasteiger partial charge in [-0.2, -0.15) is 0 Å². The Balaban J connectivity index is 1.71. The van der Waals surface area contributed by atoms with Crippen molar-refractivity contribution in [3.8, 4) is 11.5 Å². The Labute approximate surface area is 159 Å². The molecule has 6 heteroatoms. The number of ether oxygens (including phenoxy) is 2. The minimum absolute atomic E-state index is 0.00142. The second kappa shape index (κ2) is 7.70. The van der Waals surface area contributed by atoms with Crippen molar-refractivity contribution in [2.75, 3.05) is 23.4 Å². The summed E-state index contributed by atoms with van der Waals surface area (Å²) in [6.45, 7) is 7.71. The van der Waals surface area contributed by atoms with Crippen LogP contribution < -0.4 is 19.7 Å². The zero-order valence-corrected chi connectivity index (χ0v) is 16.0. The van der Waals surface area contributed by atoms with Gasteiger partial charge < -0.3 is 19.7 Å². The van der Waals surface area contributed by atoms with Gasteiger partial charge in [-0.05, 0) is 57.0 Å². The second-order valence-corrected chi connectivity index (χ2v) is 6.89. The molecule has 0 saturated carbocycles. The summed E-state index contributed by atoms with van der Waals surface area (Å²) < 4.78 is 11.2. The summed E-state index contributed by atoms with van der Waals surface area (Å²) >= 11 is 0. The van der Waals surface area contributed by atoms with Gasteiger partial charge in [0.25, 0.3) is 11.8 Å². The van der Waals surface area contributed by atoms with E-state index in [0.717, 1.165) is 16.9 Å². The molecule has 2 aromatic carbocycles. The van der Waals surface area contributed by atoms with Crippen molar-refractivity contribution in [1.82, 2.24) is 0 Å². The number of nitrogens with zero attached hydrogens (tertiary/aromatic N) is 1. The summed E-state index contributed by atoms with van der Waals surface area (Å²) in [4.78, 5) is 26.1. The fraction of sp³-hybridized carbons (Fsp3) is 0.333. The Bertz CT molecular complexity index is 856. The van der Waals surface area contributed by atoms with Gasteiger partial charge in [0, 0.05) is 11.7 Å². The van der Waals surface area contributed by atoms with Crippen LogP contribution in [0.25, 0.3) is 0 Å². The van der Waals surface area contributed by atoms with Crippen LogP contribution in [-0.2, 0) is 9.59 Å². The van der Waals surface area contributed by atoms with E-state index >= 15 is 0 Å². The number of carbonyl (C=O) groups is 2. The van der Waals surface area contributed by atoms with Crippen LogP contribution in [0.1, 0.15) is 25.0 Å². The van der Waals surface area contributed by atoms with Gasteiger partial charge in [0.05, 0.1) is 5.69 Å². The number of benzene rings is 2. The third-order valence-electron chi connectivity index (χ3n) is 4.39. The van der Waals surface area contributed by atoms with Crippen LogP contribution >= 0.6 is 0 Å². The highest BCUT2D eigenvalue weighted by Gasteiger charge is 2.28. The normalized spacial score (nSPS) is 13.2. The zero-order chi connectivity index (χ0) is 19.6. The lowest BCUT2D eigenvalue weighted by Gasteiger charge is -2.32. The van der Waals surface area contributed by atoms with Crippen LogP contribution in [0, 0.1) is 13.8 Å². The fourth-order valence-corrected chi connectivity index (χ4v) is 3.18. The molecular weight excluding hydrogens is 344 g/mol. The molecule has 2 amide bonds. The fourth-order valence-electron chi connectivity index (χ4n) is 3.18. The Kier molecular flexibility index (Phi) is 5.35. The van der Waals surface area contributed by atoms with E-state index in [-0.39, 0.29) is 31.1 Å². The van der Waals surface area contributed by atoms with Gasteiger partial charge >= 0.3 is 0 Å². The molecule has 1 N–H and O–H groups in total. The quantitative estimate of drug-likeness (QED) is 0.878. The Morgan fingerprint density at radius 2 is 1.93 bits per heavy atom. The number of hydrogen-bond acceptors (Lipinski definition) is 4. The molecule has 0 aliphatic carbocycles. The minimum atomic E-state index is -0.267. The van der Waals surface area contributed by atoms with Gasteiger partial charge in [-0.25, -0.2) is 0 Å². The van der Waals surface area contributed by atoms with E-state index in [1.54, 1.807) is 23.1 Å². The molecule has 0 fully saturated rings. The van der Waals surface area contributed by atoms with Crippen LogP contribution in [0.5, 0.6) is 11.5 Å². The molecule has 1 aliphatic rings. The van der Waals surface area contributed by atoms with Crippen molar-refractivity contribution >= 4 is 23.2 Å². The maximum absolute atomic E-state index is 12.3. The number of para-hydroxylation sites is 1. The molecule has 0 spiro atoms. The minimum Gasteiger partial charge on any atom is -0.483 e. The summed E-state index contributed by atoms with van der Waals surface area (Å²) in [7, 11) is 0. The summed E-state index contributed by atoms with van der Waals surface area (Å²) in [5.41, 5.74) is 3.22. The molecule has 0 aromatic heterocycles. The molecule has 27 heavy (non-hydrogen) atoms. The molecule has 0 unspecified atom stereocenters. The van der Waals surface area contributed by atoms with Crippen molar-refractivity contribution in [3.05, 3.63) is 47.5 Å². The van der Waals surface area contributed by atoms with E-state index in [0.29, 0.717) is 17.1 Å². The number of amides is 2. The average Bonchev–Trinajstić information content (AvgIpc) is 2.60. The number of anilines is 2. The molecular formula is C21H24N2O4. The van der Waals surface area contributed by atoms with Crippen molar-refractivity contribution in [3.63, 3.8) is 0 Å². The molecule has 0 atom stereocenters. The Hall–Kier alpha value is -3.02. The van der Waals surface area contributed by atoms with E-state index in [9.17, 15) is 9.59 Å². The molecule has 1 aliphatic heterocycles. The first kappa shape index (κ1) is 18.8. The molecule has 0 bridgehead atoms. The predicted molar refractivity (Wildman–Crippen MR) is 105 cm³/mol. The Morgan fingerprint density at radius 1 is 1.22 bits per heavy atom. The second-order valence-electron chi connectivity index (χ2n) is 6.89. The van der Waals surface area contributed by atoms with Gasteiger partial charge in [-0.15, -0.1) is 0 Å². The first-order valence-corrected chi connectivity index (χ1v) is 8.94. The molecule has 0 radical (unpaired) electrons. The third-order valence-corrected chi connectivity index (χ3v) is 4.39. The molecule has 2 aromatic rings. The topological polar surface area (TPSA) is 67.9 Å². The van der Waals surface area contributed by atoms with Gasteiger partial charge in [0.2, 0.25) is 0 Å². The van der Waals surface area contributed by atoms with Crippen molar-refractivity contribution in [1.29, 1.82) is 0 Å². The lowest BCUT2D eigenvalue weighted by molar-refractivity contribution is -0.121. The number of hydrogen-bond donors (Lipinski definition) is 1. The van der Waals surface area contributed by atoms with Crippen LogP contribution in [0.15, 0.2) is 36.4 Å². The number of aryl methyl sites for hydroxylation is 2. The average molecular weight is 368 g/mol. The Morgan fingerprint density at radius 3 is 2.59 bits per heavy atom. The largest absolute Gasteiger partial charge is 0.483 e.